The fourth-order valence-electron chi connectivity index (χ4n) is 1.40. The Balaban J connectivity index is 2.41. The zero-order valence-corrected chi connectivity index (χ0v) is 11.8. The van der Waals surface area contributed by atoms with Crippen LogP contribution in [0.1, 0.15) is 27.2 Å². The molecule has 1 heterocycles. The summed E-state index contributed by atoms with van der Waals surface area (Å²) in [6.45, 7) is 5.36. The Bertz CT molecular complexity index is 288. The van der Waals surface area contributed by atoms with Crippen molar-refractivity contribution in [1.82, 2.24) is 10.6 Å². The van der Waals surface area contributed by atoms with Crippen LogP contribution in [0.4, 0.5) is 4.79 Å². The number of nitrogens with one attached hydrogen (secondary N) is 2. The second kappa shape index (κ2) is 5.20. The van der Waals surface area contributed by atoms with Crippen LogP contribution in [0.25, 0.3) is 0 Å². The normalized spacial score (nSPS) is 24.4. The lowest BCUT2D eigenvalue weighted by molar-refractivity contribution is -0.131. The zero-order chi connectivity index (χ0) is 12.3. The lowest BCUT2D eigenvalue weighted by atomic mass is 9.97. The molecule has 1 saturated heterocycles. The molecule has 92 valence electrons. The van der Waals surface area contributed by atoms with Crippen LogP contribution in [-0.4, -0.2) is 34.1 Å². The first-order valence-corrected chi connectivity index (χ1v) is 6.72. The molecule has 1 aliphatic heterocycles. The average Bonchev–Trinajstić information content (AvgIpc) is 2.11. The number of carbonyl (C=O) groups excluding carboxylic acids is 2. The van der Waals surface area contributed by atoms with Gasteiger partial charge in [0, 0.05) is 4.43 Å². The van der Waals surface area contributed by atoms with Gasteiger partial charge in [0.25, 0.3) is 0 Å². The Morgan fingerprint density at radius 3 is 2.62 bits per heavy atom. The largest absolute Gasteiger partial charge is 0.444 e. The fraction of sp³-hybridized carbons (Fsp3) is 0.800. The molecule has 2 N–H and O–H groups in total. The molecule has 0 aromatic heterocycles. The number of ether oxygens (including phenoxy) is 1. The van der Waals surface area contributed by atoms with Crippen molar-refractivity contribution in [2.75, 3.05) is 4.43 Å². The van der Waals surface area contributed by atoms with Gasteiger partial charge in [0.2, 0.25) is 5.91 Å². The lowest BCUT2D eigenvalue weighted by Gasteiger charge is -2.37. The Morgan fingerprint density at radius 2 is 2.19 bits per heavy atom. The molecule has 6 heteroatoms. The minimum absolute atomic E-state index is 0.0388. The maximum atomic E-state index is 11.4. The molecule has 0 bridgehead atoms. The highest BCUT2D eigenvalue weighted by atomic mass is 127. The van der Waals surface area contributed by atoms with Crippen molar-refractivity contribution >= 4 is 34.6 Å². The first-order chi connectivity index (χ1) is 7.33. The van der Waals surface area contributed by atoms with Crippen LogP contribution >= 0.6 is 22.6 Å². The molecule has 0 saturated carbocycles. The van der Waals surface area contributed by atoms with E-state index >= 15 is 0 Å². The second-order valence-corrected chi connectivity index (χ2v) is 5.80. The number of β-lactam (4-membered cyclic amide) rings is 1. The molecular formula is C10H17IN2O3. The molecule has 0 aromatic rings. The summed E-state index contributed by atoms with van der Waals surface area (Å²) in [5.41, 5.74) is -0.539. The van der Waals surface area contributed by atoms with Crippen LogP contribution in [0, 0.1) is 0 Å². The highest BCUT2D eigenvalue weighted by Gasteiger charge is 2.40. The van der Waals surface area contributed by atoms with Gasteiger partial charge in [-0.25, -0.2) is 4.79 Å². The molecular weight excluding hydrogens is 323 g/mol. The van der Waals surface area contributed by atoms with Gasteiger partial charge in [-0.3, -0.25) is 4.79 Å². The molecule has 2 atom stereocenters. The molecule has 0 spiro atoms. The third kappa shape index (κ3) is 3.80. The minimum atomic E-state index is -0.539. The number of alkyl halides is 1. The summed E-state index contributed by atoms with van der Waals surface area (Å²) in [5, 5.41) is 5.33. The number of hydrogen-bond acceptors (Lipinski definition) is 3. The van der Waals surface area contributed by atoms with Crippen LogP contribution in [0.3, 0.4) is 0 Å². The Kier molecular flexibility index (Phi) is 4.40. The van der Waals surface area contributed by atoms with E-state index in [1.807, 2.05) is 0 Å². The molecule has 5 nitrogen and oxygen atoms in total. The van der Waals surface area contributed by atoms with E-state index in [0.29, 0.717) is 0 Å². The molecule has 2 amide bonds. The molecule has 0 aromatic carbocycles. The van der Waals surface area contributed by atoms with E-state index in [1.165, 1.54) is 0 Å². The molecule has 1 fully saturated rings. The topological polar surface area (TPSA) is 67.4 Å². The van der Waals surface area contributed by atoms with E-state index in [2.05, 4.69) is 33.2 Å². The van der Waals surface area contributed by atoms with Crippen LogP contribution in [0.2, 0.25) is 0 Å². The highest BCUT2D eigenvalue weighted by Crippen LogP contribution is 2.13. The molecule has 1 aliphatic rings. The summed E-state index contributed by atoms with van der Waals surface area (Å²) in [6.07, 6.45) is 0.318. The van der Waals surface area contributed by atoms with Crippen molar-refractivity contribution in [3.05, 3.63) is 0 Å². The predicted octanol–water partition coefficient (Wildman–Crippen LogP) is 1.20. The Labute approximate surface area is 109 Å². The number of halogens is 1. The summed E-state index contributed by atoms with van der Waals surface area (Å²) in [6, 6.07) is -0.401. The van der Waals surface area contributed by atoms with Gasteiger partial charge >= 0.3 is 6.09 Å². The average molecular weight is 340 g/mol. The van der Waals surface area contributed by atoms with Crippen molar-refractivity contribution in [3.8, 4) is 0 Å². The van der Waals surface area contributed by atoms with Crippen molar-refractivity contribution in [2.24, 2.45) is 0 Å². The van der Waals surface area contributed by atoms with Crippen LogP contribution in [0.15, 0.2) is 0 Å². The van der Waals surface area contributed by atoms with Crippen LogP contribution in [-0.2, 0) is 9.53 Å². The number of carbonyl (C=O) groups is 2. The van der Waals surface area contributed by atoms with E-state index in [0.717, 1.165) is 10.8 Å². The third-order valence-electron chi connectivity index (χ3n) is 2.10. The van der Waals surface area contributed by atoms with E-state index in [1.54, 1.807) is 20.8 Å². The van der Waals surface area contributed by atoms with Crippen molar-refractivity contribution in [1.29, 1.82) is 0 Å². The van der Waals surface area contributed by atoms with Crippen molar-refractivity contribution in [3.63, 3.8) is 0 Å². The number of amides is 2. The highest BCUT2D eigenvalue weighted by molar-refractivity contribution is 14.1. The SMILES string of the molecule is CC(C)(C)OC(=O)NC1C(=O)NC1CCI. The zero-order valence-electron chi connectivity index (χ0n) is 9.67. The summed E-state index contributed by atoms with van der Waals surface area (Å²) in [5.74, 6) is -0.138. The fourth-order valence-corrected chi connectivity index (χ4v) is 2.07. The van der Waals surface area contributed by atoms with Gasteiger partial charge in [0.05, 0.1) is 6.04 Å². The van der Waals surface area contributed by atoms with E-state index in [9.17, 15) is 9.59 Å². The summed E-state index contributed by atoms with van der Waals surface area (Å²) in [4.78, 5) is 22.7. The smallest absolute Gasteiger partial charge is 0.408 e. The summed E-state index contributed by atoms with van der Waals surface area (Å²) >= 11 is 2.24. The number of alkyl carbamates (subject to hydrolysis) is 1. The van der Waals surface area contributed by atoms with Gasteiger partial charge in [0.1, 0.15) is 11.6 Å². The quantitative estimate of drug-likeness (QED) is 0.461. The second-order valence-electron chi connectivity index (χ2n) is 4.72. The molecule has 2 unspecified atom stereocenters. The monoisotopic (exact) mass is 340 g/mol. The molecule has 16 heavy (non-hydrogen) atoms. The van der Waals surface area contributed by atoms with Crippen molar-refractivity contribution in [2.45, 2.75) is 44.9 Å². The van der Waals surface area contributed by atoms with Gasteiger partial charge in [-0.2, -0.15) is 0 Å². The minimum Gasteiger partial charge on any atom is -0.444 e. The van der Waals surface area contributed by atoms with Gasteiger partial charge in [-0.15, -0.1) is 0 Å². The maximum Gasteiger partial charge on any atom is 0.408 e. The van der Waals surface area contributed by atoms with Crippen LogP contribution < -0.4 is 10.6 Å². The standard InChI is InChI=1S/C10H17IN2O3/c1-10(2,3)16-9(15)13-7-6(4-5-11)12-8(7)14/h6-7H,4-5H2,1-3H3,(H,12,14)(H,13,15). The third-order valence-corrected chi connectivity index (χ3v) is 2.73. The van der Waals surface area contributed by atoms with Gasteiger partial charge in [-0.1, -0.05) is 22.6 Å². The van der Waals surface area contributed by atoms with E-state index < -0.39 is 17.7 Å². The van der Waals surface area contributed by atoms with E-state index in [4.69, 9.17) is 4.74 Å². The molecule has 1 rings (SSSR count). The first-order valence-electron chi connectivity index (χ1n) is 5.19. The Morgan fingerprint density at radius 1 is 1.56 bits per heavy atom. The summed E-state index contributed by atoms with van der Waals surface area (Å²) in [7, 11) is 0. The van der Waals surface area contributed by atoms with Crippen LogP contribution in [0.5, 0.6) is 0 Å². The number of hydrogen-bond donors (Lipinski definition) is 2. The Hall–Kier alpha value is -0.530. The van der Waals surface area contributed by atoms with Gasteiger partial charge in [0.15, 0.2) is 0 Å². The van der Waals surface area contributed by atoms with Gasteiger partial charge < -0.3 is 15.4 Å². The number of rotatable bonds is 3. The molecule has 0 aliphatic carbocycles. The lowest BCUT2D eigenvalue weighted by Crippen LogP contribution is -2.69. The molecule has 0 radical (unpaired) electrons. The van der Waals surface area contributed by atoms with Crippen molar-refractivity contribution < 1.29 is 14.3 Å². The van der Waals surface area contributed by atoms with Gasteiger partial charge in [-0.05, 0) is 27.2 Å². The predicted molar refractivity (Wildman–Crippen MR) is 68.6 cm³/mol. The summed E-state index contributed by atoms with van der Waals surface area (Å²) < 4.78 is 6.03. The maximum absolute atomic E-state index is 11.4. The first kappa shape index (κ1) is 13.5. The van der Waals surface area contributed by atoms with E-state index in [-0.39, 0.29) is 11.9 Å².